The maximum Gasteiger partial charge on any atom is 0.287 e. The highest BCUT2D eigenvalue weighted by molar-refractivity contribution is 6.35. The number of carbonyl (C=O) groups is 1. The lowest BCUT2D eigenvalue weighted by Crippen LogP contribution is -3.08. The molecule has 1 aromatic heterocycles. The Morgan fingerprint density at radius 2 is 1.85 bits per heavy atom. The predicted octanol–water partition coefficient (Wildman–Crippen LogP) is 3.50. The number of fused-ring (bicyclic) bond motifs is 1. The summed E-state index contributed by atoms with van der Waals surface area (Å²) in [6.45, 7) is 5.87. The summed E-state index contributed by atoms with van der Waals surface area (Å²) in [5.74, 6) is 0.129. The van der Waals surface area contributed by atoms with Gasteiger partial charge in [-0.1, -0.05) is 48.0 Å². The molecule has 2 heterocycles. The number of quaternary nitrogens is 1. The SMILES string of the molecule is Cc1c(C(=O)NCc2ccccc2C[NH+]2CCCC2)oc2c(Cl)cccc12. The predicted molar refractivity (Wildman–Crippen MR) is 107 cm³/mol. The number of carbonyl (C=O) groups excluding carboxylic acids is 1. The van der Waals surface area contributed by atoms with E-state index in [0.29, 0.717) is 22.9 Å². The molecule has 1 amide bonds. The fourth-order valence-electron chi connectivity index (χ4n) is 3.90. The van der Waals surface area contributed by atoms with Crippen LogP contribution in [-0.4, -0.2) is 19.0 Å². The van der Waals surface area contributed by atoms with Crippen LogP contribution in [0.4, 0.5) is 0 Å². The van der Waals surface area contributed by atoms with Crippen molar-refractivity contribution in [3.63, 3.8) is 0 Å². The largest absolute Gasteiger partial charge is 0.449 e. The minimum absolute atomic E-state index is 0.205. The van der Waals surface area contributed by atoms with E-state index in [0.717, 1.165) is 23.1 Å². The van der Waals surface area contributed by atoms with Gasteiger partial charge in [0.15, 0.2) is 11.3 Å². The van der Waals surface area contributed by atoms with Crippen molar-refractivity contribution in [3.8, 4) is 0 Å². The van der Waals surface area contributed by atoms with Gasteiger partial charge < -0.3 is 14.6 Å². The molecule has 1 aliphatic heterocycles. The average Bonchev–Trinajstić information content (AvgIpc) is 3.30. The Morgan fingerprint density at radius 1 is 1.11 bits per heavy atom. The second-order valence-electron chi connectivity index (χ2n) is 7.26. The van der Waals surface area contributed by atoms with Crippen LogP contribution < -0.4 is 10.2 Å². The molecule has 0 spiro atoms. The number of halogens is 1. The number of para-hydroxylation sites is 1. The molecule has 1 fully saturated rings. The number of hydrogen-bond donors (Lipinski definition) is 2. The smallest absolute Gasteiger partial charge is 0.287 e. The van der Waals surface area contributed by atoms with E-state index in [1.165, 1.54) is 31.5 Å². The highest BCUT2D eigenvalue weighted by atomic mass is 35.5. The molecular formula is C22H24ClN2O2+. The third-order valence-electron chi connectivity index (χ3n) is 5.43. The van der Waals surface area contributed by atoms with Crippen LogP contribution in [-0.2, 0) is 13.1 Å². The van der Waals surface area contributed by atoms with Crippen LogP contribution in [0.25, 0.3) is 11.0 Å². The van der Waals surface area contributed by atoms with Crippen molar-refractivity contribution in [2.75, 3.05) is 13.1 Å². The van der Waals surface area contributed by atoms with E-state index in [1.807, 2.05) is 25.1 Å². The Balaban J connectivity index is 1.50. The first kappa shape index (κ1) is 18.1. The van der Waals surface area contributed by atoms with Crippen LogP contribution >= 0.6 is 11.6 Å². The molecule has 2 N–H and O–H groups in total. The quantitative estimate of drug-likeness (QED) is 0.708. The van der Waals surface area contributed by atoms with Crippen molar-refractivity contribution >= 4 is 28.5 Å². The van der Waals surface area contributed by atoms with Crippen LogP contribution in [0.15, 0.2) is 46.9 Å². The summed E-state index contributed by atoms with van der Waals surface area (Å²) in [7, 11) is 0. The van der Waals surface area contributed by atoms with E-state index in [1.54, 1.807) is 11.0 Å². The topological polar surface area (TPSA) is 46.7 Å². The Morgan fingerprint density at radius 3 is 2.59 bits per heavy atom. The minimum Gasteiger partial charge on any atom is -0.449 e. The summed E-state index contributed by atoms with van der Waals surface area (Å²) in [6, 6.07) is 13.9. The van der Waals surface area contributed by atoms with E-state index in [4.69, 9.17) is 16.0 Å². The molecule has 1 aliphatic rings. The molecular weight excluding hydrogens is 360 g/mol. The summed E-state index contributed by atoms with van der Waals surface area (Å²) in [5.41, 5.74) is 3.86. The van der Waals surface area contributed by atoms with Gasteiger partial charge in [0.25, 0.3) is 5.91 Å². The molecule has 0 radical (unpaired) electrons. The number of hydrogen-bond acceptors (Lipinski definition) is 2. The number of likely N-dealkylation sites (tertiary alicyclic amines) is 1. The van der Waals surface area contributed by atoms with Gasteiger partial charge in [-0.3, -0.25) is 4.79 Å². The van der Waals surface area contributed by atoms with Crippen molar-refractivity contribution in [2.45, 2.75) is 32.9 Å². The molecule has 5 heteroatoms. The van der Waals surface area contributed by atoms with Crippen molar-refractivity contribution in [2.24, 2.45) is 0 Å². The molecule has 0 unspecified atom stereocenters. The monoisotopic (exact) mass is 383 g/mol. The Hall–Kier alpha value is -2.30. The lowest BCUT2D eigenvalue weighted by molar-refractivity contribution is -0.901. The third-order valence-corrected chi connectivity index (χ3v) is 5.73. The van der Waals surface area contributed by atoms with Crippen molar-refractivity contribution < 1.29 is 14.1 Å². The number of aryl methyl sites for hydroxylation is 1. The molecule has 2 aromatic carbocycles. The normalized spacial score (nSPS) is 14.7. The van der Waals surface area contributed by atoms with Gasteiger partial charge in [-0.25, -0.2) is 0 Å². The molecule has 0 aliphatic carbocycles. The fourth-order valence-corrected chi connectivity index (χ4v) is 4.12. The van der Waals surface area contributed by atoms with Crippen molar-refractivity contribution in [1.82, 2.24) is 5.32 Å². The second-order valence-corrected chi connectivity index (χ2v) is 7.67. The highest BCUT2D eigenvalue weighted by Crippen LogP contribution is 2.30. The van der Waals surface area contributed by atoms with Gasteiger partial charge in [0.2, 0.25) is 0 Å². The Labute approximate surface area is 164 Å². The molecule has 27 heavy (non-hydrogen) atoms. The first-order valence-corrected chi connectivity index (χ1v) is 9.87. The third kappa shape index (κ3) is 3.73. The van der Waals surface area contributed by atoms with Gasteiger partial charge in [-0.15, -0.1) is 0 Å². The summed E-state index contributed by atoms with van der Waals surface area (Å²) < 4.78 is 5.77. The zero-order chi connectivity index (χ0) is 18.8. The molecule has 1 saturated heterocycles. The van der Waals surface area contributed by atoms with E-state index in [-0.39, 0.29) is 5.91 Å². The summed E-state index contributed by atoms with van der Waals surface area (Å²) in [5, 5.41) is 4.42. The number of benzene rings is 2. The van der Waals surface area contributed by atoms with Crippen molar-refractivity contribution in [3.05, 3.63) is 69.9 Å². The van der Waals surface area contributed by atoms with Gasteiger partial charge in [0.05, 0.1) is 18.1 Å². The standard InChI is InChI=1S/C22H23ClN2O2/c1-15-18-9-6-10-19(23)21(18)27-20(15)22(26)24-13-16-7-2-3-8-17(16)14-25-11-4-5-12-25/h2-3,6-10H,4-5,11-14H2,1H3,(H,24,26)/p+1. The maximum absolute atomic E-state index is 12.7. The zero-order valence-electron chi connectivity index (χ0n) is 15.5. The van der Waals surface area contributed by atoms with E-state index in [9.17, 15) is 4.79 Å². The number of rotatable bonds is 5. The minimum atomic E-state index is -0.205. The molecule has 0 saturated carbocycles. The number of nitrogens with one attached hydrogen (secondary N) is 2. The average molecular weight is 384 g/mol. The molecule has 0 bridgehead atoms. The second kappa shape index (κ2) is 7.75. The van der Waals surface area contributed by atoms with Crippen LogP contribution in [0.1, 0.15) is 40.1 Å². The van der Waals surface area contributed by atoms with Gasteiger partial charge in [0.1, 0.15) is 6.54 Å². The van der Waals surface area contributed by atoms with Crippen LogP contribution in [0.5, 0.6) is 0 Å². The van der Waals surface area contributed by atoms with Crippen LogP contribution in [0.3, 0.4) is 0 Å². The van der Waals surface area contributed by atoms with Gasteiger partial charge in [-0.05, 0) is 18.6 Å². The highest BCUT2D eigenvalue weighted by Gasteiger charge is 2.20. The van der Waals surface area contributed by atoms with Gasteiger partial charge in [0, 0.05) is 35.9 Å². The lowest BCUT2D eigenvalue weighted by Gasteiger charge is -2.15. The summed E-state index contributed by atoms with van der Waals surface area (Å²) in [6.07, 6.45) is 2.62. The van der Waals surface area contributed by atoms with E-state index >= 15 is 0 Å². The molecule has 3 aromatic rings. The number of furan rings is 1. The maximum atomic E-state index is 12.7. The summed E-state index contributed by atoms with van der Waals surface area (Å²) in [4.78, 5) is 14.3. The lowest BCUT2D eigenvalue weighted by atomic mass is 10.1. The van der Waals surface area contributed by atoms with Crippen LogP contribution in [0.2, 0.25) is 5.02 Å². The van der Waals surface area contributed by atoms with E-state index in [2.05, 4.69) is 23.5 Å². The first-order chi connectivity index (χ1) is 13.1. The Kier molecular flexibility index (Phi) is 5.19. The van der Waals surface area contributed by atoms with Gasteiger partial charge in [-0.2, -0.15) is 0 Å². The summed E-state index contributed by atoms with van der Waals surface area (Å²) >= 11 is 6.19. The molecule has 140 valence electrons. The van der Waals surface area contributed by atoms with Crippen molar-refractivity contribution in [1.29, 1.82) is 0 Å². The Bertz CT molecular complexity index is 974. The zero-order valence-corrected chi connectivity index (χ0v) is 16.2. The number of amides is 1. The molecule has 0 atom stereocenters. The van der Waals surface area contributed by atoms with Crippen LogP contribution in [0, 0.1) is 6.92 Å². The molecule has 4 rings (SSSR count). The first-order valence-electron chi connectivity index (χ1n) is 9.49. The fraction of sp³-hybridized carbons (Fsp3) is 0.318. The molecule has 4 nitrogen and oxygen atoms in total. The van der Waals surface area contributed by atoms with Gasteiger partial charge >= 0.3 is 0 Å². The van der Waals surface area contributed by atoms with E-state index < -0.39 is 0 Å².